The van der Waals surface area contributed by atoms with Crippen LogP contribution in [0.25, 0.3) is 0 Å². The molecule has 2 nitrogen and oxygen atoms in total. The van der Waals surface area contributed by atoms with E-state index in [9.17, 15) is 13.2 Å². The Morgan fingerprint density at radius 1 is 1.10 bits per heavy atom. The van der Waals surface area contributed by atoms with Crippen LogP contribution in [0.1, 0.15) is 37.3 Å². The minimum Gasteiger partial charge on any atom is -0.329 e. The largest absolute Gasteiger partial charge is 0.389 e. The number of fused-ring (bicyclic) bond motifs is 1. The van der Waals surface area contributed by atoms with Crippen LogP contribution in [0.4, 0.5) is 13.2 Å². The summed E-state index contributed by atoms with van der Waals surface area (Å²) < 4.78 is 36.8. The predicted molar refractivity (Wildman–Crippen MR) is 73.1 cm³/mol. The van der Waals surface area contributed by atoms with Crippen LogP contribution in [0.15, 0.2) is 24.3 Å². The maximum atomic E-state index is 12.3. The molecule has 112 valence electrons. The molecule has 0 bridgehead atoms. The molecule has 2 N–H and O–H groups in total. The van der Waals surface area contributed by atoms with Crippen molar-refractivity contribution in [3.05, 3.63) is 35.4 Å². The Bertz CT molecular complexity index is 434. The summed E-state index contributed by atoms with van der Waals surface area (Å²) in [6.45, 7) is 3.89. The zero-order valence-corrected chi connectivity index (χ0v) is 11.7. The first-order valence-electron chi connectivity index (χ1n) is 6.93. The van der Waals surface area contributed by atoms with Crippen molar-refractivity contribution >= 4 is 0 Å². The Hall–Kier alpha value is -1.07. The van der Waals surface area contributed by atoms with Crippen LogP contribution >= 0.6 is 0 Å². The van der Waals surface area contributed by atoms with Crippen LogP contribution in [0, 0.1) is 0 Å². The number of nitrogens with two attached hydrogens (primary N) is 1. The van der Waals surface area contributed by atoms with E-state index in [1.165, 1.54) is 11.1 Å². The minimum absolute atomic E-state index is 0.129. The zero-order chi connectivity index (χ0) is 14.8. The molecule has 20 heavy (non-hydrogen) atoms. The molecule has 1 heterocycles. The normalized spacial score (nSPS) is 18.9. The van der Waals surface area contributed by atoms with Gasteiger partial charge in [-0.25, -0.2) is 0 Å². The first kappa shape index (κ1) is 15.3. The molecule has 1 aromatic rings. The lowest BCUT2D eigenvalue weighted by Crippen LogP contribution is -2.49. The summed E-state index contributed by atoms with van der Waals surface area (Å²) in [5.74, 6) is 0. The van der Waals surface area contributed by atoms with Crippen molar-refractivity contribution in [2.24, 2.45) is 5.73 Å². The van der Waals surface area contributed by atoms with Gasteiger partial charge in [-0.15, -0.1) is 0 Å². The van der Waals surface area contributed by atoms with Gasteiger partial charge in [-0.1, -0.05) is 24.3 Å². The van der Waals surface area contributed by atoms with Gasteiger partial charge in [-0.05, 0) is 30.9 Å². The standard InChI is InChI=1S/C15H21F3N2/c1-14(11-19,7-4-8-15(16,17)18)20-9-12-5-2-3-6-13(12)10-20/h2-3,5-6H,4,7-11,19H2,1H3. The van der Waals surface area contributed by atoms with E-state index in [1.807, 2.05) is 19.1 Å². The van der Waals surface area contributed by atoms with Crippen molar-refractivity contribution in [2.75, 3.05) is 6.54 Å². The van der Waals surface area contributed by atoms with Crippen molar-refractivity contribution in [2.45, 2.75) is 51.0 Å². The van der Waals surface area contributed by atoms with E-state index in [4.69, 9.17) is 5.73 Å². The molecular formula is C15H21F3N2. The highest BCUT2D eigenvalue weighted by Gasteiger charge is 2.35. The van der Waals surface area contributed by atoms with Gasteiger partial charge in [0.1, 0.15) is 0 Å². The third kappa shape index (κ3) is 3.52. The fraction of sp³-hybridized carbons (Fsp3) is 0.600. The van der Waals surface area contributed by atoms with E-state index in [2.05, 4.69) is 17.0 Å². The van der Waals surface area contributed by atoms with Gasteiger partial charge in [-0.3, -0.25) is 4.90 Å². The number of alkyl halides is 3. The van der Waals surface area contributed by atoms with E-state index < -0.39 is 12.6 Å². The molecule has 0 aromatic heterocycles. The molecule has 1 aliphatic rings. The lowest BCUT2D eigenvalue weighted by Gasteiger charge is -2.38. The molecule has 1 aromatic carbocycles. The van der Waals surface area contributed by atoms with E-state index in [0.29, 0.717) is 13.0 Å². The van der Waals surface area contributed by atoms with Gasteiger partial charge in [0.15, 0.2) is 0 Å². The molecule has 0 radical (unpaired) electrons. The molecule has 1 atom stereocenters. The summed E-state index contributed by atoms with van der Waals surface area (Å²) in [4.78, 5) is 2.20. The van der Waals surface area contributed by atoms with Crippen LogP contribution in [0.3, 0.4) is 0 Å². The SMILES string of the molecule is CC(CN)(CCCC(F)(F)F)N1Cc2ccccc2C1. The summed E-state index contributed by atoms with van der Waals surface area (Å²) in [6, 6.07) is 8.13. The lowest BCUT2D eigenvalue weighted by atomic mass is 9.92. The van der Waals surface area contributed by atoms with Gasteiger partial charge in [-0.2, -0.15) is 13.2 Å². The Balaban J connectivity index is 1.98. The van der Waals surface area contributed by atoms with Crippen molar-refractivity contribution in [1.29, 1.82) is 0 Å². The quantitative estimate of drug-likeness (QED) is 0.898. The summed E-state index contributed by atoms with van der Waals surface area (Å²) >= 11 is 0. The molecule has 0 fully saturated rings. The van der Waals surface area contributed by atoms with Gasteiger partial charge in [0, 0.05) is 31.6 Å². The van der Waals surface area contributed by atoms with E-state index in [1.54, 1.807) is 0 Å². The van der Waals surface area contributed by atoms with Crippen LogP contribution in [0.2, 0.25) is 0 Å². The summed E-state index contributed by atoms with van der Waals surface area (Å²) in [5.41, 5.74) is 7.98. The Kier molecular flexibility index (Phi) is 4.39. The fourth-order valence-electron chi connectivity index (χ4n) is 2.77. The van der Waals surface area contributed by atoms with Gasteiger partial charge < -0.3 is 5.73 Å². The third-order valence-corrected chi connectivity index (χ3v) is 4.22. The minimum atomic E-state index is -4.08. The van der Waals surface area contributed by atoms with Gasteiger partial charge >= 0.3 is 6.18 Å². The average molecular weight is 286 g/mol. The van der Waals surface area contributed by atoms with E-state index in [0.717, 1.165) is 13.1 Å². The second-order valence-corrected chi connectivity index (χ2v) is 5.79. The molecule has 0 spiro atoms. The summed E-state index contributed by atoms with van der Waals surface area (Å²) in [5, 5.41) is 0. The van der Waals surface area contributed by atoms with Crippen molar-refractivity contribution < 1.29 is 13.2 Å². The smallest absolute Gasteiger partial charge is 0.329 e. The number of benzene rings is 1. The molecular weight excluding hydrogens is 265 g/mol. The van der Waals surface area contributed by atoms with Crippen LogP contribution in [0.5, 0.6) is 0 Å². The zero-order valence-electron chi connectivity index (χ0n) is 11.7. The number of hydrogen-bond acceptors (Lipinski definition) is 2. The second-order valence-electron chi connectivity index (χ2n) is 5.79. The highest BCUT2D eigenvalue weighted by Crippen LogP contribution is 2.33. The first-order valence-corrected chi connectivity index (χ1v) is 6.93. The number of nitrogens with zero attached hydrogens (tertiary/aromatic N) is 1. The van der Waals surface area contributed by atoms with Crippen molar-refractivity contribution in [3.8, 4) is 0 Å². The topological polar surface area (TPSA) is 29.3 Å². The fourth-order valence-corrected chi connectivity index (χ4v) is 2.77. The van der Waals surface area contributed by atoms with Gasteiger partial charge in [0.2, 0.25) is 0 Å². The molecule has 5 heteroatoms. The van der Waals surface area contributed by atoms with Gasteiger partial charge in [0.25, 0.3) is 0 Å². The summed E-state index contributed by atoms with van der Waals surface area (Å²) in [7, 11) is 0. The molecule has 0 saturated heterocycles. The van der Waals surface area contributed by atoms with Crippen molar-refractivity contribution in [3.63, 3.8) is 0 Å². The van der Waals surface area contributed by atoms with Crippen LogP contribution < -0.4 is 5.73 Å². The van der Waals surface area contributed by atoms with E-state index >= 15 is 0 Å². The first-order chi connectivity index (χ1) is 9.34. The maximum absolute atomic E-state index is 12.3. The Morgan fingerprint density at radius 3 is 2.10 bits per heavy atom. The monoisotopic (exact) mass is 286 g/mol. The molecule has 1 unspecified atom stereocenters. The molecule has 0 amide bonds. The Labute approximate surface area is 117 Å². The Morgan fingerprint density at radius 2 is 1.65 bits per heavy atom. The molecule has 0 saturated carbocycles. The van der Waals surface area contributed by atoms with Crippen LogP contribution in [-0.4, -0.2) is 23.2 Å². The van der Waals surface area contributed by atoms with Crippen molar-refractivity contribution in [1.82, 2.24) is 4.90 Å². The van der Waals surface area contributed by atoms with E-state index in [-0.39, 0.29) is 12.0 Å². The maximum Gasteiger partial charge on any atom is 0.389 e. The van der Waals surface area contributed by atoms with Gasteiger partial charge in [0.05, 0.1) is 0 Å². The van der Waals surface area contributed by atoms with Crippen LogP contribution in [-0.2, 0) is 13.1 Å². The number of rotatable bonds is 5. The molecule has 1 aliphatic heterocycles. The second kappa shape index (κ2) is 5.74. The highest BCUT2D eigenvalue weighted by molar-refractivity contribution is 5.31. The molecule has 0 aliphatic carbocycles. The summed E-state index contributed by atoms with van der Waals surface area (Å²) in [6.07, 6.45) is -4.21. The predicted octanol–water partition coefficient (Wildman–Crippen LogP) is 3.45. The third-order valence-electron chi connectivity index (χ3n) is 4.22. The molecule has 2 rings (SSSR count). The highest BCUT2D eigenvalue weighted by atomic mass is 19.4. The number of hydrogen-bond donors (Lipinski definition) is 1. The lowest BCUT2D eigenvalue weighted by molar-refractivity contribution is -0.137. The number of halogens is 3. The average Bonchev–Trinajstić information content (AvgIpc) is 2.81.